The van der Waals surface area contributed by atoms with Gasteiger partial charge in [-0.25, -0.2) is 0 Å². The predicted octanol–water partition coefficient (Wildman–Crippen LogP) is 2.94. The highest BCUT2D eigenvalue weighted by Gasteiger charge is 2.27. The van der Waals surface area contributed by atoms with E-state index in [1.807, 2.05) is 24.1 Å². The molecule has 3 nitrogen and oxygen atoms in total. The van der Waals surface area contributed by atoms with Gasteiger partial charge in [-0.05, 0) is 43.6 Å². The number of aliphatic hydroxyl groups is 1. The molecule has 2 rings (SSSR count). The van der Waals surface area contributed by atoms with Crippen LogP contribution in [-0.2, 0) is 0 Å². The number of carbonyl (C=O) groups is 1. The summed E-state index contributed by atoms with van der Waals surface area (Å²) in [7, 11) is 0. The maximum atomic E-state index is 12.3. The summed E-state index contributed by atoms with van der Waals surface area (Å²) in [4.78, 5) is 14.8. The largest absolute Gasteiger partial charge is 0.393 e. The van der Waals surface area contributed by atoms with Crippen molar-refractivity contribution in [3.05, 3.63) is 20.8 Å². The number of likely N-dealkylation sites (tertiary alicyclic amines) is 1. The predicted molar refractivity (Wildman–Crippen MR) is 74.4 cm³/mol. The molecule has 100 valence electrons. The van der Waals surface area contributed by atoms with Crippen LogP contribution < -0.4 is 0 Å². The van der Waals surface area contributed by atoms with Crippen LogP contribution in [0.25, 0.3) is 0 Å². The number of halogens is 1. The summed E-state index contributed by atoms with van der Waals surface area (Å²) >= 11 is 7.54. The average molecular weight is 288 g/mol. The average Bonchev–Trinajstić information content (AvgIpc) is 2.69. The Labute approximate surface area is 116 Å². The van der Waals surface area contributed by atoms with Gasteiger partial charge in [0.2, 0.25) is 0 Å². The second-order valence-corrected chi connectivity index (χ2v) is 6.19. The molecule has 1 aliphatic heterocycles. The van der Waals surface area contributed by atoms with Crippen LogP contribution in [0.15, 0.2) is 5.38 Å². The van der Waals surface area contributed by atoms with E-state index in [-0.39, 0.29) is 12.0 Å². The standard InChI is InChI=1S/C13H18ClNO2S/c1-8-7-18-12(11(8)14)13(17)15-5-3-10(4-6-15)9(2)16/h7,9-10,16H,3-6H2,1-2H3. The molecule has 2 heterocycles. The van der Waals surface area contributed by atoms with Crippen molar-refractivity contribution < 1.29 is 9.90 Å². The summed E-state index contributed by atoms with van der Waals surface area (Å²) in [5, 5.41) is 12.0. The molecule has 0 radical (unpaired) electrons. The van der Waals surface area contributed by atoms with E-state index in [4.69, 9.17) is 11.6 Å². The zero-order valence-electron chi connectivity index (χ0n) is 10.6. The van der Waals surface area contributed by atoms with Crippen molar-refractivity contribution in [2.75, 3.05) is 13.1 Å². The molecule has 1 aromatic rings. The number of rotatable bonds is 2. The van der Waals surface area contributed by atoms with E-state index in [0.29, 0.717) is 28.9 Å². The number of aryl methyl sites for hydroxylation is 1. The van der Waals surface area contributed by atoms with E-state index < -0.39 is 0 Å². The quantitative estimate of drug-likeness (QED) is 0.908. The Kier molecular flexibility index (Phi) is 4.30. The van der Waals surface area contributed by atoms with Crippen LogP contribution in [0.3, 0.4) is 0 Å². The number of piperidine rings is 1. The topological polar surface area (TPSA) is 40.5 Å². The van der Waals surface area contributed by atoms with Crippen LogP contribution in [0, 0.1) is 12.8 Å². The Morgan fingerprint density at radius 2 is 2.17 bits per heavy atom. The molecule has 1 fully saturated rings. The van der Waals surface area contributed by atoms with Gasteiger partial charge in [-0.1, -0.05) is 11.6 Å². The number of carbonyl (C=O) groups excluding carboxylic acids is 1. The SMILES string of the molecule is Cc1csc(C(=O)N2CCC(C(C)O)CC2)c1Cl. The Balaban J connectivity index is 2.02. The van der Waals surface area contributed by atoms with Gasteiger partial charge in [-0.15, -0.1) is 11.3 Å². The summed E-state index contributed by atoms with van der Waals surface area (Å²) in [6.45, 7) is 5.15. The van der Waals surface area contributed by atoms with Gasteiger partial charge in [0.25, 0.3) is 5.91 Å². The monoisotopic (exact) mass is 287 g/mol. The van der Waals surface area contributed by atoms with Crippen molar-refractivity contribution in [2.45, 2.75) is 32.8 Å². The summed E-state index contributed by atoms with van der Waals surface area (Å²) in [5.41, 5.74) is 0.962. The molecular weight excluding hydrogens is 270 g/mol. The van der Waals surface area contributed by atoms with Gasteiger partial charge in [0.1, 0.15) is 4.88 Å². The molecule has 1 N–H and O–H groups in total. The fourth-order valence-electron chi connectivity index (χ4n) is 2.30. The van der Waals surface area contributed by atoms with Crippen molar-refractivity contribution in [3.8, 4) is 0 Å². The van der Waals surface area contributed by atoms with Gasteiger partial charge >= 0.3 is 0 Å². The van der Waals surface area contributed by atoms with Crippen molar-refractivity contribution in [2.24, 2.45) is 5.92 Å². The van der Waals surface area contributed by atoms with Crippen molar-refractivity contribution in [1.29, 1.82) is 0 Å². The van der Waals surface area contributed by atoms with Gasteiger partial charge in [-0.2, -0.15) is 0 Å². The molecular formula is C13H18ClNO2S. The lowest BCUT2D eigenvalue weighted by molar-refractivity contribution is 0.0525. The third kappa shape index (κ3) is 2.71. The fourth-order valence-corrected chi connectivity index (χ4v) is 3.54. The number of hydrogen-bond acceptors (Lipinski definition) is 3. The first-order valence-corrected chi connectivity index (χ1v) is 7.47. The van der Waals surface area contributed by atoms with Gasteiger partial charge in [0, 0.05) is 13.1 Å². The first-order valence-electron chi connectivity index (χ1n) is 6.21. The van der Waals surface area contributed by atoms with Gasteiger partial charge in [-0.3, -0.25) is 4.79 Å². The molecule has 1 atom stereocenters. The minimum absolute atomic E-state index is 0.0298. The van der Waals surface area contributed by atoms with Gasteiger partial charge in [0.05, 0.1) is 11.1 Å². The molecule has 1 saturated heterocycles. The Morgan fingerprint density at radius 3 is 2.61 bits per heavy atom. The summed E-state index contributed by atoms with van der Waals surface area (Å²) in [5.74, 6) is 0.344. The summed E-state index contributed by atoms with van der Waals surface area (Å²) in [6, 6.07) is 0. The fraction of sp³-hybridized carbons (Fsp3) is 0.615. The van der Waals surface area contributed by atoms with E-state index >= 15 is 0 Å². The van der Waals surface area contributed by atoms with E-state index in [1.165, 1.54) is 11.3 Å². The van der Waals surface area contributed by atoms with Crippen molar-refractivity contribution in [3.63, 3.8) is 0 Å². The highest BCUT2D eigenvalue weighted by Crippen LogP contribution is 2.30. The Morgan fingerprint density at radius 1 is 1.56 bits per heavy atom. The molecule has 1 unspecified atom stereocenters. The Bertz CT molecular complexity index is 436. The number of hydrogen-bond donors (Lipinski definition) is 1. The molecule has 5 heteroatoms. The van der Waals surface area contributed by atoms with E-state index in [0.717, 1.165) is 18.4 Å². The molecule has 0 aromatic carbocycles. The Hall–Kier alpha value is -0.580. The van der Waals surface area contributed by atoms with Crippen LogP contribution in [-0.4, -0.2) is 35.1 Å². The van der Waals surface area contributed by atoms with Crippen LogP contribution in [0.2, 0.25) is 5.02 Å². The highest BCUT2D eigenvalue weighted by atomic mass is 35.5. The molecule has 0 aliphatic carbocycles. The van der Waals surface area contributed by atoms with Crippen molar-refractivity contribution >= 4 is 28.8 Å². The third-order valence-corrected chi connectivity index (χ3v) is 5.29. The second-order valence-electron chi connectivity index (χ2n) is 4.93. The molecule has 0 bridgehead atoms. The first-order chi connectivity index (χ1) is 8.50. The van der Waals surface area contributed by atoms with Crippen LogP contribution in [0.4, 0.5) is 0 Å². The smallest absolute Gasteiger partial charge is 0.265 e. The molecule has 18 heavy (non-hydrogen) atoms. The first kappa shape index (κ1) is 13.8. The third-order valence-electron chi connectivity index (χ3n) is 3.60. The van der Waals surface area contributed by atoms with Crippen LogP contribution in [0.1, 0.15) is 35.0 Å². The van der Waals surface area contributed by atoms with Gasteiger partial charge in [0.15, 0.2) is 0 Å². The number of nitrogens with zero attached hydrogens (tertiary/aromatic N) is 1. The minimum Gasteiger partial charge on any atom is -0.393 e. The number of aliphatic hydroxyl groups excluding tert-OH is 1. The minimum atomic E-state index is -0.283. The number of amides is 1. The van der Waals surface area contributed by atoms with E-state index in [9.17, 15) is 9.90 Å². The summed E-state index contributed by atoms with van der Waals surface area (Å²) in [6.07, 6.45) is 1.45. The molecule has 1 amide bonds. The molecule has 0 saturated carbocycles. The maximum absolute atomic E-state index is 12.3. The van der Waals surface area contributed by atoms with Gasteiger partial charge < -0.3 is 10.0 Å². The van der Waals surface area contributed by atoms with Crippen LogP contribution >= 0.6 is 22.9 Å². The van der Waals surface area contributed by atoms with E-state index in [2.05, 4.69) is 0 Å². The lowest BCUT2D eigenvalue weighted by Crippen LogP contribution is -2.40. The molecule has 0 spiro atoms. The van der Waals surface area contributed by atoms with E-state index in [1.54, 1.807) is 0 Å². The highest BCUT2D eigenvalue weighted by molar-refractivity contribution is 7.13. The zero-order chi connectivity index (χ0) is 13.3. The molecule has 1 aromatic heterocycles. The number of thiophene rings is 1. The lowest BCUT2D eigenvalue weighted by atomic mass is 9.92. The van der Waals surface area contributed by atoms with Crippen molar-refractivity contribution in [1.82, 2.24) is 4.90 Å². The normalized spacial score (nSPS) is 19.0. The second kappa shape index (κ2) is 5.59. The zero-order valence-corrected chi connectivity index (χ0v) is 12.2. The summed E-state index contributed by atoms with van der Waals surface area (Å²) < 4.78 is 0. The lowest BCUT2D eigenvalue weighted by Gasteiger charge is -2.33. The maximum Gasteiger partial charge on any atom is 0.265 e. The van der Waals surface area contributed by atoms with Crippen LogP contribution in [0.5, 0.6) is 0 Å². The molecule has 1 aliphatic rings.